The molecule has 7 heteroatoms. The third-order valence-electron chi connectivity index (χ3n) is 4.09. The number of benzene rings is 2. The van der Waals surface area contributed by atoms with Crippen LogP contribution in [0.3, 0.4) is 0 Å². The summed E-state index contributed by atoms with van der Waals surface area (Å²) in [6, 6.07) is 15.4. The molecule has 148 valence electrons. The Hall–Kier alpha value is -3.02. The van der Waals surface area contributed by atoms with Gasteiger partial charge in [-0.15, -0.1) is 0 Å². The van der Waals surface area contributed by atoms with Crippen LogP contribution in [0, 0.1) is 6.92 Å². The van der Waals surface area contributed by atoms with Gasteiger partial charge in [-0.25, -0.2) is 0 Å². The maximum atomic E-state index is 12.7. The first kappa shape index (κ1) is 20.7. The van der Waals surface area contributed by atoms with Crippen molar-refractivity contribution in [2.45, 2.75) is 13.5 Å². The van der Waals surface area contributed by atoms with Crippen molar-refractivity contribution in [3.63, 3.8) is 0 Å². The average molecular weight is 429 g/mol. The highest BCUT2D eigenvalue weighted by atomic mass is 35.5. The third-order valence-corrected chi connectivity index (χ3v) is 4.68. The second-order valence-electron chi connectivity index (χ2n) is 6.31. The summed E-state index contributed by atoms with van der Waals surface area (Å²) < 4.78 is 5.27. The summed E-state index contributed by atoms with van der Waals surface area (Å²) in [5.41, 5.74) is 2.22. The lowest BCUT2D eigenvalue weighted by atomic mass is 10.1. The summed E-state index contributed by atoms with van der Waals surface area (Å²) in [7, 11) is 0. The Kier molecular flexibility index (Phi) is 6.75. The summed E-state index contributed by atoms with van der Waals surface area (Å²) >= 11 is 12.0. The molecular weight excluding hydrogens is 411 g/mol. The number of aryl methyl sites for hydroxylation is 1. The number of nitrogens with one attached hydrogen (secondary N) is 2. The van der Waals surface area contributed by atoms with Gasteiger partial charge in [0, 0.05) is 28.2 Å². The molecule has 0 unspecified atom stereocenters. The minimum atomic E-state index is -0.479. The molecule has 0 radical (unpaired) electrons. The Labute approximate surface area is 178 Å². The Balaban J connectivity index is 1.76. The van der Waals surface area contributed by atoms with Gasteiger partial charge in [0.2, 0.25) is 0 Å². The molecule has 2 amide bonds. The number of carbonyl (C=O) groups is 2. The van der Waals surface area contributed by atoms with Gasteiger partial charge in [-0.1, -0.05) is 47.0 Å². The Bertz CT molecular complexity index is 1040. The number of rotatable bonds is 6. The average Bonchev–Trinajstić information content (AvgIpc) is 3.20. The fourth-order valence-corrected chi connectivity index (χ4v) is 2.98. The lowest BCUT2D eigenvalue weighted by molar-refractivity contribution is -0.117. The molecule has 0 aliphatic rings. The van der Waals surface area contributed by atoms with Crippen LogP contribution < -0.4 is 10.6 Å². The maximum Gasteiger partial charge on any atom is 0.268 e. The standard InChI is InChI=1S/C22H18Cl2N2O3/c1-14-4-6-15(7-5-14)21(27)26-20(12-18-3-2-10-29-18)22(28)25-13-16-8-9-17(23)11-19(16)24/h2-12H,13H2,1H3,(H,25,28)(H,26,27)/b20-12-. The van der Waals surface area contributed by atoms with Crippen molar-refractivity contribution in [1.29, 1.82) is 0 Å². The van der Waals surface area contributed by atoms with Crippen LogP contribution in [0.5, 0.6) is 0 Å². The monoisotopic (exact) mass is 428 g/mol. The molecule has 0 aliphatic heterocycles. The van der Waals surface area contributed by atoms with Crippen molar-refractivity contribution in [2.24, 2.45) is 0 Å². The molecule has 1 heterocycles. The van der Waals surface area contributed by atoms with E-state index < -0.39 is 11.8 Å². The summed E-state index contributed by atoms with van der Waals surface area (Å²) in [5, 5.41) is 6.34. The van der Waals surface area contributed by atoms with Gasteiger partial charge < -0.3 is 15.1 Å². The number of hydrogen-bond acceptors (Lipinski definition) is 3. The third kappa shape index (κ3) is 5.73. The van der Waals surface area contributed by atoms with Gasteiger partial charge in [0.15, 0.2) is 0 Å². The molecular formula is C22H18Cl2N2O3. The van der Waals surface area contributed by atoms with E-state index in [4.69, 9.17) is 27.6 Å². The van der Waals surface area contributed by atoms with Crippen LogP contribution in [-0.4, -0.2) is 11.8 Å². The molecule has 0 fully saturated rings. The quantitative estimate of drug-likeness (QED) is 0.543. The lowest BCUT2D eigenvalue weighted by Gasteiger charge is -2.12. The molecule has 29 heavy (non-hydrogen) atoms. The number of hydrogen-bond donors (Lipinski definition) is 2. The maximum absolute atomic E-state index is 12.7. The van der Waals surface area contributed by atoms with Gasteiger partial charge in [0.05, 0.1) is 6.26 Å². The second-order valence-corrected chi connectivity index (χ2v) is 7.16. The van der Waals surface area contributed by atoms with Crippen LogP contribution in [0.15, 0.2) is 71.0 Å². The van der Waals surface area contributed by atoms with Crippen LogP contribution in [0.2, 0.25) is 10.0 Å². The van der Waals surface area contributed by atoms with Crippen molar-refractivity contribution < 1.29 is 14.0 Å². The van der Waals surface area contributed by atoms with Crippen LogP contribution in [-0.2, 0) is 11.3 Å². The normalized spacial score (nSPS) is 11.2. The van der Waals surface area contributed by atoms with E-state index >= 15 is 0 Å². The largest absolute Gasteiger partial charge is 0.465 e. The first-order valence-corrected chi connectivity index (χ1v) is 9.53. The molecule has 3 aromatic rings. The molecule has 5 nitrogen and oxygen atoms in total. The predicted octanol–water partition coefficient (Wildman–Crippen LogP) is 4.98. The predicted molar refractivity (Wildman–Crippen MR) is 114 cm³/mol. The molecule has 3 rings (SSSR count). The van der Waals surface area contributed by atoms with E-state index in [1.807, 2.05) is 19.1 Å². The lowest BCUT2D eigenvalue weighted by Crippen LogP contribution is -2.34. The van der Waals surface area contributed by atoms with Gasteiger partial charge >= 0.3 is 0 Å². The van der Waals surface area contributed by atoms with Crippen LogP contribution >= 0.6 is 23.2 Å². The number of halogens is 2. The summed E-state index contributed by atoms with van der Waals surface area (Å²) in [4.78, 5) is 25.3. The van der Waals surface area contributed by atoms with Gasteiger partial charge in [-0.2, -0.15) is 0 Å². The first-order valence-electron chi connectivity index (χ1n) is 8.78. The summed E-state index contributed by atoms with van der Waals surface area (Å²) in [6.07, 6.45) is 2.95. The van der Waals surface area contributed by atoms with E-state index in [-0.39, 0.29) is 12.2 Å². The van der Waals surface area contributed by atoms with Crippen molar-refractivity contribution in [1.82, 2.24) is 10.6 Å². The van der Waals surface area contributed by atoms with Crippen molar-refractivity contribution in [3.05, 3.63) is 99.1 Å². The van der Waals surface area contributed by atoms with E-state index in [0.29, 0.717) is 26.9 Å². The van der Waals surface area contributed by atoms with Gasteiger partial charge in [0.1, 0.15) is 11.5 Å². The van der Waals surface area contributed by atoms with Crippen LogP contribution in [0.4, 0.5) is 0 Å². The smallest absolute Gasteiger partial charge is 0.268 e. The summed E-state index contributed by atoms with van der Waals surface area (Å²) in [5.74, 6) is -0.445. The number of furan rings is 1. The molecule has 0 saturated heterocycles. The highest BCUT2D eigenvalue weighted by molar-refractivity contribution is 6.35. The number of amides is 2. The second kappa shape index (κ2) is 9.45. The molecule has 0 spiro atoms. The van der Waals surface area contributed by atoms with Crippen LogP contribution in [0.25, 0.3) is 6.08 Å². The first-order chi connectivity index (χ1) is 13.9. The zero-order chi connectivity index (χ0) is 20.8. The molecule has 0 atom stereocenters. The SMILES string of the molecule is Cc1ccc(C(=O)N/C(=C\c2ccco2)C(=O)NCc2ccc(Cl)cc2Cl)cc1. The molecule has 0 aliphatic carbocycles. The molecule has 2 N–H and O–H groups in total. The van der Waals surface area contributed by atoms with Crippen molar-refractivity contribution in [2.75, 3.05) is 0 Å². The molecule has 0 bridgehead atoms. The van der Waals surface area contributed by atoms with Crippen molar-refractivity contribution in [3.8, 4) is 0 Å². The highest BCUT2D eigenvalue weighted by Gasteiger charge is 2.16. The minimum absolute atomic E-state index is 0.0515. The van der Waals surface area contributed by atoms with E-state index in [2.05, 4.69) is 10.6 Å². The number of carbonyl (C=O) groups excluding carboxylic acids is 2. The van der Waals surface area contributed by atoms with Gasteiger partial charge in [-0.05, 0) is 48.9 Å². The zero-order valence-electron chi connectivity index (χ0n) is 15.5. The Morgan fingerprint density at radius 3 is 2.48 bits per heavy atom. The zero-order valence-corrected chi connectivity index (χ0v) is 17.1. The van der Waals surface area contributed by atoms with E-state index in [0.717, 1.165) is 5.56 Å². The molecule has 2 aromatic carbocycles. The van der Waals surface area contributed by atoms with Gasteiger partial charge in [-0.3, -0.25) is 9.59 Å². The molecule has 0 saturated carbocycles. The topological polar surface area (TPSA) is 71.3 Å². The Morgan fingerprint density at radius 2 is 1.83 bits per heavy atom. The fourth-order valence-electron chi connectivity index (χ4n) is 2.51. The van der Waals surface area contributed by atoms with Crippen molar-refractivity contribution >= 4 is 41.1 Å². The van der Waals surface area contributed by atoms with Crippen LogP contribution in [0.1, 0.15) is 27.2 Å². The fraction of sp³-hybridized carbons (Fsp3) is 0.0909. The van der Waals surface area contributed by atoms with E-state index in [9.17, 15) is 9.59 Å². The van der Waals surface area contributed by atoms with E-state index in [1.165, 1.54) is 12.3 Å². The molecule has 1 aromatic heterocycles. The highest BCUT2D eigenvalue weighted by Crippen LogP contribution is 2.20. The minimum Gasteiger partial charge on any atom is -0.465 e. The van der Waals surface area contributed by atoms with Gasteiger partial charge in [0.25, 0.3) is 11.8 Å². The summed E-state index contributed by atoms with van der Waals surface area (Å²) in [6.45, 7) is 2.10. The van der Waals surface area contributed by atoms with E-state index in [1.54, 1.807) is 42.5 Å². The Morgan fingerprint density at radius 1 is 1.07 bits per heavy atom.